The van der Waals surface area contributed by atoms with Gasteiger partial charge in [0.1, 0.15) is 6.04 Å². The van der Waals surface area contributed by atoms with Gasteiger partial charge in [0, 0.05) is 47.4 Å². The molecule has 10 nitrogen and oxygen atoms in total. The molecule has 4 aromatic rings. The molecule has 5 rings (SSSR count). The molecule has 2 heterocycles. The zero-order valence-electron chi connectivity index (χ0n) is 26.9. The maximum atomic E-state index is 14.4. The Balaban J connectivity index is 1.49. The molecule has 1 fully saturated rings. The van der Waals surface area contributed by atoms with Crippen molar-refractivity contribution in [3.63, 3.8) is 0 Å². The zero-order valence-corrected chi connectivity index (χ0v) is 28.4. The number of rotatable bonds is 12. The van der Waals surface area contributed by atoms with Gasteiger partial charge in [0.05, 0.1) is 33.2 Å². The summed E-state index contributed by atoms with van der Waals surface area (Å²) in [6.45, 7) is 6.89. The Hall–Kier alpha value is -4.32. The number of morpholine rings is 1. The monoisotopic (exact) mass is 675 g/mol. The summed E-state index contributed by atoms with van der Waals surface area (Å²) in [6, 6.07) is 21.0. The number of methoxy groups -OCH3 is 2. The molecule has 47 heavy (non-hydrogen) atoms. The van der Waals surface area contributed by atoms with E-state index in [0.717, 1.165) is 35.7 Å². The van der Waals surface area contributed by atoms with Gasteiger partial charge in [-0.2, -0.15) is 0 Å². The van der Waals surface area contributed by atoms with Gasteiger partial charge in [0.15, 0.2) is 16.7 Å². The minimum Gasteiger partial charge on any atom is -0.493 e. The van der Waals surface area contributed by atoms with E-state index in [2.05, 4.69) is 20.2 Å². The summed E-state index contributed by atoms with van der Waals surface area (Å²) in [7, 11) is 3.08. The lowest BCUT2D eigenvalue weighted by atomic mass is 10.0. The van der Waals surface area contributed by atoms with Crippen LogP contribution >= 0.6 is 23.4 Å². The molecule has 12 heteroatoms. The second kappa shape index (κ2) is 16.0. The van der Waals surface area contributed by atoms with E-state index in [4.69, 9.17) is 25.8 Å². The van der Waals surface area contributed by atoms with Crippen molar-refractivity contribution in [1.82, 2.24) is 14.9 Å². The van der Waals surface area contributed by atoms with Crippen LogP contribution in [-0.2, 0) is 20.9 Å². The maximum Gasteiger partial charge on any atom is 0.251 e. The molecular weight excluding hydrogens is 638 g/mol. The van der Waals surface area contributed by atoms with Gasteiger partial charge in [0.2, 0.25) is 5.91 Å². The number of aryl methyl sites for hydroxylation is 2. The van der Waals surface area contributed by atoms with E-state index in [1.54, 1.807) is 42.3 Å². The summed E-state index contributed by atoms with van der Waals surface area (Å²) in [6.07, 6.45) is 0. The van der Waals surface area contributed by atoms with E-state index in [1.165, 1.54) is 18.9 Å². The molecule has 0 saturated carbocycles. The quantitative estimate of drug-likeness (QED) is 0.141. The SMILES string of the molecule is COc1ccc(C(C(=O)Nc2ccc(N3CCOCC3)cc2)N(Cc2ccc(Cl)cc2)C(=O)CSc2nc(C)cc(C)n2)cc1OC. The first kappa shape index (κ1) is 34.0. The number of hydrogen-bond acceptors (Lipinski definition) is 9. The molecular formula is C35H38ClN5O5S. The van der Waals surface area contributed by atoms with Crippen molar-refractivity contribution >= 4 is 46.6 Å². The van der Waals surface area contributed by atoms with Gasteiger partial charge >= 0.3 is 0 Å². The van der Waals surface area contributed by atoms with Gasteiger partial charge in [0.25, 0.3) is 5.91 Å². The van der Waals surface area contributed by atoms with E-state index in [0.29, 0.717) is 46.1 Å². The van der Waals surface area contributed by atoms with Crippen LogP contribution in [0.1, 0.15) is 28.6 Å². The van der Waals surface area contributed by atoms with Gasteiger partial charge in [-0.1, -0.05) is 41.6 Å². The number of nitrogens with zero attached hydrogens (tertiary/aromatic N) is 4. The summed E-state index contributed by atoms with van der Waals surface area (Å²) < 4.78 is 16.5. The Morgan fingerprint density at radius 2 is 1.60 bits per heavy atom. The van der Waals surface area contributed by atoms with Crippen molar-refractivity contribution in [3.05, 3.63) is 100 Å². The van der Waals surface area contributed by atoms with Crippen molar-refractivity contribution in [2.24, 2.45) is 0 Å². The molecule has 246 valence electrons. The highest BCUT2D eigenvalue weighted by Gasteiger charge is 2.33. The third-order valence-electron chi connectivity index (χ3n) is 7.67. The normalized spacial score (nSPS) is 13.5. The molecule has 1 saturated heterocycles. The number of carbonyl (C=O) groups excluding carboxylic acids is 2. The summed E-state index contributed by atoms with van der Waals surface area (Å²) in [5, 5.41) is 4.12. The minimum absolute atomic E-state index is 0.0157. The number of aromatic nitrogens is 2. The average Bonchev–Trinajstić information content (AvgIpc) is 3.08. The first-order valence-electron chi connectivity index (χ1n) is 15.2. The van der Waals surface area contributed by atoms with E-state index >= 15 is 0 Å². The minimum atomic E-state index is -1.03. The number of ether oxygens (including phenoxy) is 3. The number of carbonyl (C=O) groups is 2. The van der Waals surface area contributed by atoms with Crippen molar-refractivity contribution in [2.45, 2.75) is 31.6 Å². The largest absolute Gasteiger partial charge is 0.493 e. The van der Waals surface area contributed by atoms with Crippen LogP contribution in [0.5, 0.6) is 11.5 Å². The Morgan fingerprint density at radius 1 is 0.936 bits per heavy atom. The van der Waals surface area contributed by atoms with Crippen LogP contribution in [0.25, 0.3) is 0 Å². The highest BCUT2D eigenvalue weighted by atomic mass is 35.5. The molecule has 1 aliphatic heterocycles. The van der Waals surface area contributed by atoms with Crippen molar-refractivity contribution in [3.8, 4) is 11.5 Å². The van der Waals surface area contributed by atoms with Crippen molar-refractivity contribution < 1.29 is 23.8 Å². The van der Waals surface area contributed by atoms with Gasteiger partial charge < -0.3 is 29.3 Å². The van der Waals surface area contributed by atoms with E-state index < -0.39 is 6.04 Å². The number of thioether (sulfide) groups is 1. The molecule has 1 aliphatic rings. The Kier molecular flexibility index (Phi) is 11.6. The lowest BCUT2D eigenvalue weighted by Crippen LogP contribution is -2.42. The average molecular weight is 676 g/mol. The maximum absolute atomic E-state index is 14.4. The van der Waals surface area contributed by atoms with Crippen LogP contribution in [0.15, 0.2) is 78.0 Å². The van der Waals surface area contributed by atoms with Crippen molar-refractivity contribution in [1.29, 1.82) is 0 Å². The predicted octanol–water partition coefficient (Wildman–Crippen LogP) is 6.10. The second-order valence-corrected chi connectivity index (χ2v) is 12.4. The smallest absolute Gasteiger partial charge is 0.251 e. The first-order valence-corrected chi connectivity index (χ1v) is 16.5. The Labute approximate surface area is 284 Å². The van der Waals surface area contributed by atoms with E-state index in [-0.39, 0.29) is 24.1 Å². The molecule has 1 atom stereocenters. The fourth-order valence-electron chi connectivity index (χ4n) is 5.36. The van der Waals surface area contributed by atoms with E-state index in [1.807, 2.05) is 56.3 Å². The van der Waals surface area contributed by atoms with Gasteiger partial charge in [-0.05, 0) is 79.6 Å². The lowest BCUT2D eigenvalue weighted by Gasteiger charge is -2.32. The summed E-state index contributed by atoms with van der Waals surface area (Å²) in [5.74, 6) is 0.306. The topological polar surface area (TPSA) is 106 Å². The molecule has 1 aromatic heterocycles. The first-order chi connectivity index (χ1) is 22.7. The van der Waals surface area contributed by atoms with Crippen LogP contribution < -0.4 is 19.7 Å². The molecule has 0 spiro atoms. The number of halogens is 1. The Bertz CT molecular complexity index is 1660. The van der Waals surface area contributed by atoms with Gasteiger partial charge in [-0.15, -0.1) is 0 Å². The van der Waals surface area contributed by atoms with Crippen LogP contribution in [-0.4, -0.2) is 73.0 Å². The fourth-order valence-corrected chi connectivity index (χ4v) is 6.32. The van der Waals surface area contributed by atoms with E-state index in [9.17, 15) is 9.59 Å². The third kappa shape index (κ3) is 8.94. The summed E-state index contributed by atoms with van der Waals surface area (Å²) in [4.78, 5) is 41.3. The van der Waals surface area contributed by atoms with Crippen LogP contribution in [0.3, 0.4) is 0 Å². The van der Waals surface area contributed by atoms with Gasteiger partial charge in [-0.25, -0.2) is 9.97 Å². The van der Waals surface area contributed by atoms with Crippen LogP contribution in [0, 0.1) is 13.8 Å². The van der Waals surface area contributed by atoms with Crippen molar-refractivity contribution in [2.75, 3.05) is 56.5 Å². The second-order valence-electron chi connectivity index (χ2n) is 11.0. The predicted molar refractivity (Wildman–Crippen MR) is 185 cm³/mol. The fraction of sp³-hybridized carbons (Fsp3) is 0.314. The standard InChI is InChI=1S/C35H38ClN5O5S/c1-23-19-24(2)38-35(37-23)47-22-32(42)41(21-25-5-8-27(36)9-6-25)33(26-7-14-30(44-3)31(20-26)45-4)34(43)39-28-10-12-29(13-11-28)40-15-17-46-18-16-40/h5-14,19-20,33H,15-18,21-22H2,1-4H3,(H,39,43). The number of benzene rings is 3. The number of anilines is 2. The lowest BCUT2D eigenvalue weighted by molar-refractivity contribution is -0.137. The third-order valence-corrected chi connectivity index (χ3v) is 8.75. The molecule has 1 unspecified atom stereocenters. The molecule has 1 N–H and O–H groups in total. The van der Waals surface area contributed by atoms with Crippen LogP contribution in [0.4, 0.5) is 11.4 Å². The number of amides is 2. The van der Waals surface area contributed by atoms with Crippen LogP contribution in [0.2, 0.25) is 5.02 Å². The number of nitrogens with one attached hydrogen (secondary N) is 1. The molecule has 0 aliphatic carbocycles. The summed E-state index contributed by atoms with van der Waals surface area (Å²) >= 11 is 7.41. The molecule has 3 aromatic carbocycles. The zero-order chi connectivity index (χ0) is 33.3. The van der Waals surface area contributed by atoms with Gasteiger partial charge in [-0.3, -0.25) is 9.59 Å². The highest BCUT2D eigenvalue weighted by molar-refractivity contribution is 7.99. The molecule has 2 amide bonds. The summed E-state index contributed by atoms with van der Waals surface area (Å²) in [5.41, 5.74) is 4.64. The number of hydrogen-bond donors (Lipinski definition) is 1. The molecule has 0 radical (unpaired) electrons. The Morgan fingerprint density at radius 3 is 2.23 bits per heavy atom. The molecule has 0 bridgehead atoms. The highest BCUT2D eigenvalue weighted by Crippen LogP contribution is 2.34.